The summed E-state index contributed by atoms with van der Waals surface area (Å²) in [5, 5.41) is 8.06. The van der Waals surface area contributed by atoms with E-state index in [9.17, 15) is 9.59 Å². The molecule has 0 aliphatic heterocycles. The largest absolute Gasteiger partial charge is 0.355 e. The second kappa shape index (κ2) is 5.79. The van der Waals surface area contributed by atoms with Gasteiger partial charge in [-0.05, 0) is 36.4 Å². The predicted molar refractivity (Wildman–Crippen MR) is 102 cm³/mol. The highest BCUT2D eigenvalue weighted by Crippen LogP contribution is 2.40. The summed E-state index contributed by atoms with van der Waals surface area (Å²) in [7, 11) is 0. The van der Waals surface area contributed by atoms with Gasteiger partial charge < -0.3 is 9.84 Å². The Kier molecular flexibility index (Phi) is 3.39. The number of nitrogens with zero attached hydrogens (tertiary/aromatic N) is 1. The number of nitrogens with one attached hydrogen (secondary N) is 1. The number of amides is 1. The molecule has 1 N–H and O–H groups in total. The molecule has 0 saturated carbocycles. The van der Waals surface area contributed by atoms with Crippen molar-refractivity contribution in [3.8, 4) is 11.3 Å². The Morgan fingerprint density at radius 1 is 0.926 bits per heavy atom. The van der Waals surface area contributed by atoms with Crippen LogP contribution in [0.15, 0.2) is 65.2 Å². The third-order valence-corrected chi connectivity index (χ3v) is 4.89. The van der Waals surface area contributed by atoms with Crippen LogP contribution >= 0.6 is 11.6 Å². The minimum atomic E-state index is -0.338. The third kappa shape index (κ3) is 2.36. The summed E-state index contributed by atoms with van der Waals surface area (Å²) in [4.78, 5) is 25.6. The summed E-state index contributed by atoms with van der Waals surface area (Å²) in [6.45, 7) is 0. The van der Waals surface area contributed by atoms with Crippen molar-refractivity contribution in [2.45, 2.75) is 0 Å². The Balaban J connectivity index is 1.64. The van der Waals surface area contributed by atoms with Gasteiger partial charge in [-0.15, -0.1) is 0 Å². The van der Waals surface area contributed by atoms with E-state index >= 15 is 0 Å². The molecule has 5 nitrogen and oxygen atoms in total. The van der Waals surface area contributed by atoms with Gasteiger partial charge in [-0.25, -0.2) is 0 Å². The first-order valence-electron chi connectivity index (χ1n) is 8.27. The maximum absolute atomic E-state index is 12.8. The fraction of sp³-hybridized carbons (Fsp3) is 0. The Morgan fingerprint density at radius 2 is 1.67 bits per heavy atom. The Hall–Kier alpha value is -3.44. The van der Waals surface area contributed by atoms with E-state index in [0.29, 0.717) is 49.6 Å². The van der Waals surface area contributed by atoms with E-state index in [0.717, 1.165) is 0 Å². The maximum atomic E-state index is 12.8. The van der Waals surface area contributed by atoms with Crippen LogP contribution in [0.5, 0.6) is 0 Å². The summed E-state index contributed by atoms with van der Waals surface area (Å²) >= 11 is 5.87. The lowest BCUT2D eigenvalue weighted by molar-refractivity contribution is 0.102. The Labute approximate surface area is 158 Å². The second-order valence-electron chi connectivity index (χ2n) is 6.23. The molecule has 27 heavy (non-hydrogen) atoms. The molecule has 0 spiro atoms. The van der Waals surface area contributed by atoms with Gasteiger partial charge in [-0.2, -0.15) is 0 Å². The number of rotatable bonds is 2. The normalized spacial score (nSPS) is 12.1. The van der Waals surface area contributed by atoms with Crippen LogP contribution in [0.25, 0.3) is 22.2 Å². The zero-order valence-corrected chi connectivity index (χ0v) is 14.6. The average Bonchev–Trinajstić information content (AvgIpc) is 3.13. The van der Waals surface area contributed by atoms with Crippen LogP contribution in [0.2, 0.25) is 5.02 Å². The van der Waals surface area contributed by atoms with E-state index in [4.69, 9.17) is 16.1 Å². The molecule has 1 heterocycles. The van der Waals surface area contributed by atoms with Crippen molar-refractivity contribution in [1.82, 2.24) is 5.16 Å². The Morgan fingerprint density at radius 3 is 2.44 bits per heavy atom. The zero-order valence-electron chi connectivity index (χ0n) is 13.8. The number of aromatic nitrogens is 1. The maximum Gasteiger partial charge on any atom is 0.258 e. The monoisotopic (exact) mass is 374 g/mol. The number of carbonyl (C=O) groups excluding carboxylic acids is 2. The quantitative estimate of drug-likeness (QED) is 0.474. The Bertz CT molecular complexity index is 1240. The van der Waals surface area contributed by atoms with Crippen molar-refractivity contribution < 1.29 is 14.1 Å². The van der Waals surface area contributed by atoms with Gasteiger partial charge in [0.25, 0.3) is 5.91 Å². The topological polar surface area (TPSA) is 72.2 Å². The van der Waals surface area contributed by atoms with E-state index in [-0.39, 0.29) is 11.7 Å². The van der Waals surface area contributed by atoms with Gasteiger partial charge in [0.2, 0.25) is 0 Å². The number of fused-ring (bicyclic) bond motifs is 2. The van der Waals surface area contributed by atoms with E-state index in [1.165, 1.54) is 0 Å². The van der Waals surface area contributed by atoms with Crippen LogP contribution in [0.3, 0.4) is 0 Å². The first-order chi connectivity index (χ1) is 13.1. The van der Waals surface area contributed by atoms with Crippen molar-refractivity contribution >= 4 is 39.9 Å². The van der Waals surface area contributed by atoms with Crippen LogP contribution < -0.4 is 5.32 Å². The summed E-state index contributed by atoms with van der Waals surface area (Å²) in [6, 6.07) is 17.3. The highest BCUT2D eigenvalue weighted by Gasteiger charge is 2.30. The molecular weight excluding hydrogens is 364 g/mol. The number of hydrogen-bond donors (Lipinski definition) is 1. The number of benzene rings is 3. The summed E-state index contributed by atoms with van der Waals surface area (Å²) in [5.74, 6) is 0.0716. The van der Waals surface area contributed by atoms with Crippen molar-refractivity contribution in [2.75, 3.05) is 5.32 Å². The standard InChI is InChI=1S/C21H11ClN2O3/c22-11-5-7-12(8-6-11)23-21(26)16-10-9-15-17-18(16)24-27-20(17)14-4-2-1-3-13(14)19(15)25/h1-10H,(H,23,26). The van der Waals surface area contributed by atoms with Crippen LogP contribution in [0.1, 0.15) is 26.3 Å². The van der Waals surface area contributed by atoms with Crippen molar-refractivity contribution in [2.24, 2.45) is 0 Å². The van der Waals surface area contributed by atoms with Gasteiger partial charge in [0.15, 0.2) is 11.5 Å². The zero-order chi connectivity index (χ0) is 18.5. The summed E-state index contributed by atoms with van der Waals surface area (Å²) < 4.78 is 5.53. The number of ketones is 1. The second-order valence-corrected chi connectivity index (χ2v) is 6.67. The molecule has 1 aliphatic rings. The number of halogens is 1. The van der Waals surface area contributed by atoms with E-state index < -0.39 is 0 Å². The number of carbonyl (C=O) groups is 2. The first-order valence-corrected chi connectivity index (χ1v) is 8.64. The fourth-order valence-electron chi connectivity index (χ4n) is 3.36. The highest BCUT2D eigenvalue weighted by molar-refractivity contribution is 6.30. The molecular formula is C21H11ClN2O3. The number of anilines is 1. The summed E-state index contributed by atoms with van der Waals surface area (Å²) in [5.41, 5.74) is 3.07. The van der Waals surface area contributed by atoms with Crippen LogP contribution in [0.4, 0.5) is 5.69 Å². The van der Waals surface area contributed by atoms with Gasteiger partial charge in [0, 0.05) is 27.4 Å². The third-order valence-electron chi connectivity index (χ3n) is 4.64. The molecule has 3 aromatic carbocycles. The molecule has 0 atom stereocenters. The van der Waals surface area contributed by atoms with E-state index in [2.05, 4.69) is 10.5 Å². The summed E-state index contributed by atoms with van der Waals surface area (Å²) in [6.07, 6.45) is 0. The van der Waals surface area contributed by atoms with Gasteiger partial charge >= 0.3 is 0 Å². The lowest BCUT2D eigenvalue weighted by Crippen LogP contribution is -2.14. The van der Waals surface area contributed by atoms with Crippen LogP contribution in [-0.2, 0) is 0 Å². The van der Waals surface area contributed by atoms with Gasteiger partial charge in [-0.3, -0.25) is 9.59 Å². The van der Waals surface area contributed by atoms with E-state index in [1.807, 2.05) is 18.2 Å². The lowest BCUT2D eigenvalue weighted by Gasteiger charge is -2.14. The molecule has 6 heteroatoms. The molecule has 1 aliphatic carbocycles. The van der Waals surface area contributed by atoms with Gasteiger partial charge in [0.05, 0.1) is 10.9 Å². The molecule has 0 saturated heterocycles. The lowest BCUT2D eigenvalue weighted by atomic mass is 9.87. The average molecular weight is 375 g/mol. The smallest absolute Gasteiger partial charge is 0.258 e. The molecule has 1 amide bonds. The molecule has 4 aromatic rings. The molecule has 0 fully saturated rings. The van der Waals surface area contributed by atoms with Crippen molar-refractivity contribution in [3.63, 3.8) is 0 Å². The van der Waals surface area contributed by atoms with E-state index in [1.54, 1.807) is 42.5 Å². The van der Waals surface area contributed by atoms with Gasteiger partial charge in [-0.1, -0.05) is 41.0 Å². The van der Waals surface area contributed by atoms with Crippen molar-refractivity contribution in [3.05, 3.63) is 82.4 Å². The number of hydrogen-bond acceptors (Lipinski definition) is 4. The predicted octanol–water partition coefficient (Wildman–Crippen LogP) is 4.94. The SMILES string of the molecule is O=C(Nc1ccc(Cl)cc1)c1ccc2c3c(onc13)-c1ccccc1C2=O. The molecule has 0 radical (unpaired) electrons. The molecule has 1 aromatic heterocycles. The first kappa shape index (κ1) is 15.8. The molecule has 0 bridgehead atoms. The molecule has 5 rings (SSSR count). The highest BCUT2D eigenvalue weighted by atomic mass is 35.5. The minimum Gasteiger partial charge on any atom is -0.355 e. The van der Waals surface area contributed by atoms with Crippen molar-refractivity contribution in [1.29, 1.82) is 0 Å². The molecule has 130 valence electrons. The van der Waals surface area contributed by atoms with Crippen LogP contribution in [-0.4, -0.2) is 16.8 Å². The van der Waals surface area contributed by atoms with Gasteiger partial charge in [0.1, 0.15) is 5.52 Å². The van der Waals surface area contributed by atoms with Crippen LogP contribution in [0, 0.1) is 0 Å². The minimum absolute atomic E-state index is 0.101. The fourth-order valence-corrected chi connectivity index (χ4v) is 3.49. The molecule has 0 unspecified atom stereocenters.